The Morgan fingerprint density at radius 3 is 2.94 bits per heavy atom. The maximum Gasteiger partial charge on any atom is 0.252 e. The predicted octanol–water partition coefficient (Wildman–Crippen LogP) is 0.797. The molecule has 0 aromatic heterocycles. The first-order valence-electron chi connectivity index (χ1n) is 5.84. The number of benzene rings is 1. The van der Waals surface area contributed by atoms with Crippen molar-refractivity contribution in [2.75, 3.05) is 26.4 Å². The Bertz CT molecular complexity index is 446. The van der Waals surface area contributed by atoms with E-state index in [-0.39, 0.29) is 12.5 Å². The summed E-state index contributed by atoms with van der Waals surface area (Å²) in [7, 11) is 0. The molecule has 0 saturated carbocycles. The van der Waals surface area contributed by atoms with Gasteiger partial charge in [-0.05, 0) is 19.1 Å². The van der Waals surface area contributed by atoms with Crippen LogP contribution in [0, 0.1) is 11.8 Å². The lowest BCUT2D eigenvalue weighted by atomic mass is 10.1. The van der Waals surface area contributed by atoms with E-state index in [0.29, 0.717) is 30.9 Å². The first kappa shape index (κ1) is 14.2. The number of carbonyl (C=O) groups excluding carboxylic acids is 1. The van der Waals surface area contributed by atoms with Crippen molar-refractivity contribution < 1.29 is 14.6 Å². The van der Waals surface area contributed by atoms with E-state index in [4.69, 9.17) is 9.84 Å². The van der Waals surface area contributed by atoms with Gasteiger partial charge in [-0.25, -0.2) is 0 Å². The van der Waals surface area contributed by atoms with Gasteiger partial charge in [0.25, 0.3) is 5.91 Å². The van der Waals surface area contributed by atoms with E-state index in [1.807, 2.05) is 6.92 Å². The number of carbonyl (C=O) groups is 1. The molecule has 18 heavy (non-hydrogen) atoms. The molecule has 0 aliphatic heterocycles. The molecule has 0 radical (unpaired) electrons. The lowest BCUT2D eigenvalue weighted by Gasteiger charge is -2.06. The summed E-state index contributed by atoms with van der Waals surface area (Å²) < 4.78 is 5.14. The van der Waals surface area contributed by atoms with Crippen LogP contribution in [0.3, 0.4) is 0 Å². The fourth-order valence-corrected chi connectivity index (χ4v) is 1.40. The van der Waals surface area contributed by atoms with Crippen molar-refractivity contribution in [3.8, 4) is 11.8 Å². The minimum Gasteiger partial charge on any atom is -0.384 e. The van der Waals surface area contributed by atoms with Gasteiger partial charge in [0.05, 0.1) is 12.2 Å². The van der Waals surface area contributed by atoms with E-state index in [2.05, 4.69) is 17.2 Å². The molecule has 0 saturated heterocycles. The van der Waals surface area contributed by atoms with Gasteiger partial charge in [-0.15, -0.1) is 0 Å². The van der Waals surface area contributed by atoms with Crippen molar-refractivity contribution in [3.05, 3.63) is 35.4 Å². The molecule has 0 spiro atoms. The minimum absolute atomic E-state index is 0.183. The molecule has 1 aromatic carbocycles. The average Bonchev–Trinajstić information content (AvgIpc) is 2.41. The molecule has 1 amide bonds. The van der Waals surface area contributed by atoms with Gasteiger partial charge in [0.1, 0.15) is 6.61 Å². The Balaban J connectivity index is 2.67. The van der Waals surface area contributed by atoms with Crippen molar-refractivity contribution in [2.45, 2.75) is 6.92 Å². The van der Waals surface area contributed by atoms with Gasteiger partial charge in [-0.1, -0.05) is 24.0 Å². The maximum atomic E-state index is 11.9. The third kappa shape index (κ3) is 4.58. The fourth-order valence-electron chi connectivity index (χ4n) is 1.40. The van der Waals surface area contributed by atoms with Gasteiger partial charge in [0.15, 0.2) is 0 Å². The van der Waals surface area contributed by atoms with Crippen molar-refractivity contribution in [2.24, 2.45) is 0 Å². The van der Waals surface area contributed by atoms with E-state index in [9.17, 15) is 4.79 Å². The van der Waals surface area contributed by atoms with Gasteiger partial charge >= 0.3 is 0 Å². The lowest BCUT2D eigenvalue weighted by molar-refractivity contribution is 0.0922. The van der Waals surface area contributed by atoms with Crippen LogP contribution in [0.5, 0.6) is 0 Å². The largest absolute Gasteiger partial charge is 0.384 e. The highest BCUT2D eigenvalue weighted by Gasteiger charge is 2.08. The summed E-state index contributed by atoms with van der Waals surface area (Å²) in [5.41, 5.74) is 1.12. The van der Waals surface area contributed by atoms with Crippen LogP contribution in [0.25, 0.3) is 0 Å². The number of hydrogen-bond donors (Lipinski definition) is 2. The van der Waals surface area contributed by atoms with Crippen LogP contribution >= 0.6 is 0 Å². The molecule has 0 aliphatic carbocycles. The van der Waals surface area contributed by atoms with Gasteiger partial charge in [0, 0.05) is 18.7 Å². The van der Waals surface area contributed by atoms with E-state index < -0.39 is 0 Å². The summed E-state index contributed by atoms with van der Waals surface area (Å²) in [6.07, 6.45) is 0. The van der Waals surface area contributed by atoms with Gasteiger partial charge in [-0.2, -0.15) is 0 Å². The van der Waals surface area contributed by atoms with Crippen molar-refractivity contribution >= 4 is 5.91 Å². The lowest BCUT2D eigenvalue weighted by Crippen LogP contribution is -2.27. The van der Waals surface area contributed by atoms with Crippen LogP contribution in [-0.2, 0) is 4.74 Å². The number of rotatable bonds is 5. The molecule has 0 atom stereocenters. The molecule has 1 rings (SSSR count). The van der Waals surface area contributed by atoms with Crippen LogP contribution in [0.4, 0.5) is 0 Å². The summed E-state index contributed by atoms with van der Waals surface area (Å²) in [6, 6.07) is 7.04. The van der Waals surface area contributed by atoms with Crippen molar-refractivity contribution in [1.82, 2.24) is 5.32 Å². The highest BCUT2D eigenvalue weighted by Crippen LogP contribution is 2.06. The number of aliphatic hydroxyl groups excluding tert-OH is 1. The number of ether oxygens (including phenoxy) is 1. The second kappa shape index (κ2) is 8.29. The van der Waals surface area contributed by atoms with Gasteiger partial charge in [-0.3, -0.25) is 4.79 Å². The first-order chi connectivity index (χ1) is 8.79. The SMILES string of the molecule is CCOCCNC(=O)c1ccccc1C#CCO. The Morgan fingerprint density at radius 1 is 1.44 bits per heavy atom. The van der Waals surface area contributed by atoms with E-state index in [0.717, 1.165) is 0 Å². The molecule has 0 bridgehead atoms. The molecule has 0 unspecified atom stereocenters. The first-order valence-corrected chi connectivity index (χ1v) is 5.84. The molecule has 4 nitrogen and oxygen atoms in total. The highest BCUT2D eigenvalue weighted by atomic mass is 16.5. The zero-order valence-electron chi connectivity index (χ0n) is 10.4. The Hall–Kier alpha value is -1.83. The molecular formula is C14H17NO3. The zero-order chi connectivity index (χ0) is 13.2. The van der Waals surface area contributed by atoms with Crippen molar-refractivity contribution in [3.63, 3.8) is 0 Å². The molecule has 96 valence electrons. The number of amides is 1. The molecule has 0 aliphatic rings. The molecule has 0 fully saturated rings. The minimum atomic E-state index is -0.222. The topological polar surface area (TPSA) is 58.6 Å². The maximum absolute atomic E-state index is 11.9. The summed E-state index contributed by atoms with van der Waals surface area (Å²) >= 11 is 0. The Morgan fingerprint density at radius 2 is 2.22 bits per heavy atom. The smallest absolute Gasteiger partial charge is 0.252 e. The molecule has 1 aromatic rings. The zero-order valence-corrected chi connectivity index (χ0v) is 10.4. The van der Waals surface area contributed by atoms with Gasteiger partial charge < -0.3 is 15.2 Å². The standard InChI is InChI=1S/C14H17NO3/c1-2-18-11-9-15-14(17)13-8-4-3-6-12(13)7-5-10-16/h3-4,6,8,16H,2,9-11H2,1H3,(H,15,17). The second-order valence-corrected chi connectivity index (χ2v) is 3.46. The van der Waals surface area contributed by atoms with Crippen molar-refractivity contribution in [1.29, 1.82) is 0 Å². The predicted molar refractivity (Wildman–Crippen MR) is 69.2 cm³/mol. The normalized spacial score (nSPS) is 9.44. The number of hydrogen-bond acceptors (Lipinski definition) is 3. The fraction of sp³-hybridized carbons (Fsp3) is 0.357. The number of aliphatic hydroxyl groups is 1. The van der Waals surface area contributed by atoms with Crippen LogP contribution < -0.4 is 5.32 Å². The Kier molecular flexibility index (Phi) is 6.55. The average molecular weight is 247 g/mol. The number of nitrogens with one attached hydrogen (secondary N) is 1. The van der Waals surface area contributed by atoms with Gasteiger partial charge in [0.2, 0.25) is 0 Å². The van der Waals surface area contributed by atoms with E-state index in [1.54, 1.807) is 24.3 Å². The molecule has 4 heteroatoms. The Labute approximate surface area is 107 Å². The highest BCUT2D eigenvalue weighted by molar-refractivity contribution is 5.96. The van der Waals surface area contributed by atoms with Crippen LogP contribution in [0.2, 0.25) is 0 Å². The van der Waals surface area contributed by atoms with Crippen LogP contribution in [0.15, 0.2) is 24.3 Å². The molecular weight excluding hydrogens is 230 g/mol. The molecule has 2 N–H and O–H groups in total. The second-order valence-electron chi connectivity index (χ2n) is 3.46. The monoisotopic (exact) mass is 247 g/mol. The van der Waals surface area contributed by atoms with Crippen LogP contribution in [0.1, 0.15) is 22.8 Å². The summed E-state index contributed by atoms with van der Waals surface area (Å²) in [6.45, 7) is 3.28. The van der Waals surface area contributed by atoms with Crippen LogP contribution in [-0.4, -0.2) is 37.4 Å². The summed E-state index contributed by atoms with van der Waals surface area (Å²) in [5, 5.41) is 11.4. The third-order valence-electron chi connectivity index (χ3n) is 2.21. The summed E-state index contributed by atoms with van der Waals surface area (Å²) in [4.78, 5) is 11.9. The summed E-state index contributed by atoms with van der Waals surface area (Å²) in [5.74, 6) is 5.11. The third-order valence-corrected chi connectivity index (χ3v) is 2.21. The van der Waals surface area contributed by atoms with E-state index >= 15 is 0 Å². The quantitative estimate of drug-likeness (QED) is 0.597. The molecule has 0 heterocycles. The van der Waals surface area contributed by atoms with E-state index in [1.165, 1.54) is 0 Å².